The summed E-state index contributed by atoms with van der Waals surface area (Å²) in [6.45, 7) is 4.29. The van der Waals surface area contributed by atoms with E-state index in [1.165, 1.54) is 22.3 Å². The van der Waals surface area contributed by atoms with E-state index in [0.29, 0.717) is 0 Å². The highest BCUT2D eigenvalue weighted by Gasteiger charge is 2.10. The Morgan fingerprint density at radius 3 is 2.75 bits per heavy atom. The van der Waals surface area contributed by atoms with Gasteiger partial charge >= 0.3 is 0 Å². The van der Waals surface area contributed by atoms with Gasteiger partial charge in [-0.3, -0.25) is 0 Å². The first-order valence-corrected chi connectivity index (χ1v) is 6.45. The quantitative estimate of drug-likeness (QED) is 0.858. The molecule has 1 aromatic heterocycles. The van der Waals surface area contributed by atoms with Gasteiger partial charge in [0.1, 0.15) is 0 Å². The number of thiophene rings is 1. The highest BCUT2D eigenvalue weighted by atomic mass is 32.1. The molecule has 2 N–H and O–H groups in total. The Kier molecular flexibility index (Phi) is 3.42. The summed E-state index contributed by atoms with van der Waals surface area (Å²) in [5, 5.41) is 4.27. The molecule has 0 saturated heterocycles. The van der Waals surface area contributed by atoms with Crippen molar-refractivity contribution in [1.29, 1.82) is 0 Å². The van der Waals surface area contributed by atoms with Crippen LogP contribution in [-0.4, -0.2) is 0 Å². The van der Waals surface area contributed by atoms with Crippen molar-refractivity contribution >= 4 is 11.3 Å². The van der Waals surface area contributed by atoms with E-state index >= 15 is 0 Å². The minimum Gasteiger partial charge on any atom is -0.324 e. The fraction of sp³-hybridized carbons (Fsp3) is 0.286. The van der Waals surface area contributed by atoms with Crippen LogP contribution in [0.15, 0.2) is 35.0 Å². The van der Waals surface area contributed by atoms with Crippen LogP contribution in [0.2, 0.25) is 0 Å². The van der Waals surface area contributed by atoms with Crippen molar-refractivity contribution in [3.63, 3.8) is 0 Å². The standard InChI is InChI=1S/C14H17NS/c1-10-4-3-5-13(11(10)2)14(15)8-12-6-7-16-9-12/h3-7,9,14H,8,15H2,1-2H3. The second-order valence-corrected chi connectivity index (χ2v) is 5.01. The average molecular weight is 231 g/mol. The summed E-state index contributed by atoms with van der Waals surface area (Å²) in [6, 6.07) is 8.62. The van der Waals surface area contributed by atoms with Gasteiger partial charge in [0.2, 0.25) is 0 Å². The Labute approximate surface area is 101 Å². The molecule has 1 atom stereocenters. The first-order valence-electron chi connectivity index (χ1n) is 5.51. The molecule has 2 rings (SSSR count). The molecule has 0 aliphatic carbocycles. The van der Waals surface area contributed by atoms with Crippen LogP contribution >= 0.6 is 11.3 Å². The molecule has 0 fully saturated rings. The number of aryl methyl sites for hydroxylation is 1. The lowest BCUT2D eigenvalue weighted by Crippen LogP contribution is -2.14. The normalized spacial score (nSPS) is 12.7. The van der Waals surface area contributed by atoms with Gasteiger partial charge in [0.25, 0.3) is 0 Å². The van der Waals surface area contributed by atoms with Gasteiger partial charge < -0.3 is 5.73 Å². The molecule has 2 aromatic rings. The summed E-state index contributed by atoms with van der Waals surface area (Å²) in [4.78, 5) is 0. The molecule has 1 unspecified atom stereocenters. The fourth-order valence-corrected chi connectivity index (χ4v) is 2.63. The lowest BCUT2D eigenvalue weighted by atomic mass is 9.94. The predicted octanol–water partition coefficient (Wildman–Crippen LogP) is 3.61. The number of benzene rings is 1. The van der Waals surface area contributed by atoms with Gasteiger partial charge in [0, 0.05) is 6.04 Å². The Hall–Kier alpha value is -1.12. The molecule has 1 nitrogen and oxygen atoms in total. The van der Waals surface area contributed by atoms with Crippen LogP contribution in [0.25, 0.3) is 0 Å². The average Bonchev–Trinajstić information content (AvgIpc) is 2.74. The van der Waals surface area contributed by atoms with Crippen LogP contribution in [0.4, 0.5) is 0 Å². The molecule has 0 radical (unpaired) electrons. The van der Waals surface area contributed by atoms with E-state index in [4.69, 9.17) is 5.73 Å². The van der Waals surface area contributed by atoms with Crippen molar-refractivity contribution in [2.45, 2.75) is 26.3 Å². The van der Waals surface area contributed by atoms with Gasteiger partial charge in [-0.25, -0.2) is 0 Å². The molecule has 84 valence electrons. The SMILES string of the molecule is Cc1cccc(C(N)Cc2ccsc2)c1C. The zero-order chi connectivity index (χ0) is 11.5. The van der Waals surface area contributed by atoms with E-state index in [9.17, 15) is 0 Å². The third kappa shape index (κ3) is 2.34. The van der Waals surface area contributed by atoms with Crippen LogP contribution in [0.3, 0.4) is 0 Å². The molecular formula is C14H17NS. The molecular weight excluding hydrogens is 214 g/mol. The van der Waals surface area contributed by atoms with Gasteiger partial charge in [-0.1, -0.05) is 18.2 Å². The van der Waals surface area contributed by atoms with E-state index in [0.717, 1.165) is 6.42 Å². The predicted molar refractivity (Wildman–Crippen MR) is 70.9 cm³/mol. The zero-order valence-electron chi connectivity index (χ0n) is 9.73. The Morgan fingerprint density at radius 2 is 2.06 bits per heavy atom. The number of hydrogen-bond donors (Lipinski definition) is 1. The van der Waals surface area contributed by atoms with Gasteiger partial charge in [0.05, 0.1) is 0 Å². The lowest BCUT2D eigenvalue weighted by Gasteiger charge is -2.15. The summed E-state index contributed by atoms with van der Waals surface area (Å²) in [7, 11) is 0. The molecule has 0 aliphatic heterocycles. The lowest BCUT2D eigenvalue weighted by molar-refractivity contribution is 0.717. The van der Waals surface area contributed by atoms with Crippen LogP contribution in [0, 0.1) is 13.8 Å². The number of hydrogen-bond acceptors (Lipinski definition) is 2. The molecule has 16 heavy (non-hydrogen) atoms. The zero-order valence-corrected chi connectivity index (χ0v) is 10.6. The maximum Gasteiger partial charge on any atom is 0.0338 e. The van der Waals surface area contributed by atoms with E-state index < -0.39 is 0 Å². The maximum absolute atomic E-state index is 6.26. The minimum absolute atomic E-state index is 0.106. The highest BCUT2D eigenvalue weighted by Crippen LogP contribution is 2.22. The second-order valence-electron chi connectivity index (χ2n) is 4.23. The van der Waals surface area contributed by atoms with Crippen molar-refractivity contribution in [3.8, 4) is 0 Å². The van der Waals surface area contributed by atoms with Gasteiger partial charge in [0.15, 0.2) is 0 Å². The van der Waals surface area contributed by atoms with Crippen molar-refractivity contribution in [2.24, 2.45) is 5.73 Å². The first-order chi connectivity index (χ1) is 7.68. The van der Waals surface area contributed by atoms with Crippen molar-refractivity contribution in [3.05, 3.63) is 57.3 Å². The van der Waals surface area contributed by atoms with E-state index in [-0.39, 0.29) is 6.04 Å². The molecule has 0 bridgehead atoms. The molecule has 0 spiro atoms. The van der Waals surface area contributed by atoms with Gasteiger partial charge in [-0.05, 0) is 59.3 Å². The summed E-state index contributed by atoms with van der Waals surface area (Å²) >= 11 is 1.73. The smallest absolute Gasteiger partial charge is 0.0338 e. The second kappa shape index (κ2) is 4.81. The third-order valence-electron chi connectivity index (χ3n) is 3.08. The minimum atomic E-state index is 0.106. The highest BCUT2D eigenvalue weighted by molar-refractivity contribution is 7.07. The molecule has 0 amide bonds. The molecule has 0 saturated carbocycles. The molecule has 1 heterocycles. The van der Waals surface area contributed by atoms with Crippen molar-refractivity contribution < 1.29 is 0 Å². The first kappa shape index (κ1) is 11.4. The summed E-state index contributed by atoms with van der Waals surface area (Å²) in [5.41, 5.74) is 11.5. The van der Waals surface area contributed by atoms with Crippen LogP contribution < -0.4 is 5.73 Å². The van der Waals surface area contributed by atoms with Crippen LogP contribution in [0.5, 0.6) is 0 Å². The molecule has 2 heteroatoms. The monoisotopic (exact) mass is 231 g/mol. The Balaban J connectivity index is 2.21. The summed E-state index contributed by atoms with van der Waals surface area (Å²) in [6.07, 6.45) is 0.924. The number of rotatable bonds is 3. The third-order valence-corrected chi connectivity index (χ3v) is 3.81. The molecule has 1 aromatic carbocycles. The van der Waals surface area contributed by atoms with Gasteiger partial charge in [-0.2, -0.15) is 11.3 Å². The largest absolute Gasteiger partial charge is 0.324 e. The van der Waals surface area contributed by atoms with E-state index in [1.54, 1.807) is 11.3 Å². The van der Waals surface area contributed by atoms with Crippen molar-refractivity contribution in [1.82, 2.24) is 0 Å². The summed E-state index contributed by atoms with van der Waals surface area (Å²) in [5.74, 6) is 0. The van der Waals surface area contributed by atoms with Crippen LogP contribution in [0.1, 0.15) is 28.3 Å². The Morgan fingerprint density at radius 1 is 1.25 bits per heavy atom. The topological polar surface area (TPSA) is 26.0 Å². The number of nitrogens with two attached hydrogens (primary N) is 1. The van der Waals surface area contributed by atoms with E-state index in [1.807, 2.05) is 0 Å². The molecule has 0 aliphatic rings. The van der Waals surface area contributed by atoms with Crippen molar-refractivity contribution in [2.75, 3.05) is 0 Å². The van der Waals surface area contributed by atoms with Crippen LogP contribution in [-0.2, 0) is 6.42 Å². The van der Waals surface area contributed by atoms with Gasteiger partial charge in [-0.15, -0.1) is 0 Å². The maximum atomic E-state index is 6.26. The Bertz CT molecular complexity index is 460. The fourth-order valence-electron chi connectivity index (χ4n) is 1.95. The van der Waals surface area contributed by atoms with E-state index in [2.05, 4.69) is 48.9 Å². The summed E-state index contributed by atoms with van der Waals surface area (Å²) < 4.78 is 0.